The lowest BCUT2D eigenvalue weighted by molar-refractivity contribution is -0.145. The van der Waals surface area contributed by atoms with Gasteiger partial charge in [-0.25, -0.2) is 0 Å². The number of cyclic esters (lactones) is 1. The van der Waals surface area contributed by atoms with Gasteiger partial charge in [0, 0.05) is 37.7 Å². The summed E-state index contributed by atoms with van der Waals surface area (Å²) in [7, 11) is 0. The predicted molar refractivity (Wildman–Crippen MR) is 99.9 cm³/mol. The summed E-state index contributed by atoms with van der Waals surface area (Å²) < 4.78 is 17.4. The Hall–Kier alpha value is -1.20. The Morgan fingerprint density at radius 2 is 1.85 bits per heavy atom. The number of esters is 1. The lowest BCUT2D eigenvalue weighted by Crippen LogP contribution is -2.29. The van der Waals surface area contributed by atoms with Gasteiger partial charge in [-0.1, -0.05) is 19.9 Å². The van der Waals surface area contributed by atoms with Crippen LogP contribution in [0.4, 0.5) is 0 Å². The van der Waals surface area contributed by atoms with Crippen molar-refractivity contribution in [3.8, 4) is 0 Å². The number of ether oxygens (including phenoxy) is 3. The molecular weight excluding hydrogens is 332 g/mol. The first-order chi connectivity index (χ1) is 12.1. The van der Waals surface area contributed by atoms with Crippen molar-refractivity contribution in [3.63, 3.8) is 0 Å². The van der Waals surface area contributed by atoms with E-state index in [2.05, 4.69) is 13.5 Å². The minimum atomic E-state index is -0.516. The summed E-state index contributed by atoms with van der Waals surface area (Å²) in [6, 6.07) is 0. The summed E-state index contributed by atoms with van der Waals surface area (Å²) in [5.41, 5.74) is -1.10. The van der Waals surface area contributed by atoms with E-state index in [1.165, 1.54) is 0 Å². The van der Waals surface area contributed by atoms with E-state index in [0.717, 1.165) is 12.8 Å². The Kier molecular flexibility index (Phi) is 6.67. The molecule has 2 saturated heterocycles. The second-order valence-corrected chi connectivity index (χ2v) is 8.57. The van der Waals surface area contributed by atoms with Gasteiger partial charge in [0.25, 0.3) is 0 Å². The van der Waals surface area contributed by atoms with Gasteiger partial charge in [-0.2, -0.15) is 0 Å². The van der Waals surface area contributed by atoms with Crippen LogP contribution in [0.3, 0.4) is 0 Å². The van der Waals surface area contributed by atoms with E-state index in [-0.39, 0.29) is 35.5 Å². The zero-order valence-electron chi connectivity index (χ0n) is 16.8. The number of carbonyl (C=O) groups is 2. The molecule has 3 unspecified atom stereocenters. The van der Waals surface area contributed by atoms with E-state index in [9.17, 15) is 9.59 Å². The molecule has 2 aliphatic heterocycles. The molecule has 0 aromatic carbocycles. The smallest absolute Gasteiger partial charge is 0.305 e. The van der Waals surface area contributed by atoms with Gasteiger partial charge in [0.05, 0.1) is 18.3 Å². The first kappa shape index (κ1) is 21.1. The molecule has 0 radical (unpaired) electrons. The molecule has 2 aliphatic rings. The molecule has 0 amide bonds. The zero-order valence-corrected chi connectivity index (χ0v) is 16.8. The zero-order chi connectivity index (χ0) is 19.4. The second kappa shape index (κ2) is 8.22. The van der Waals surface area contributed by atoms with Crippen LogP contribution in [-0.2, 0) is 23.8 Å². The van der Waals surface area contributed by atoms with Gasteiger partial charge in [0.1, 0.15) is 11.4 Å². The monoisotopic (exact) mass is 366 g/mol. The summed E-state index contributed by atoms with van der Waals surface area (Å²) in [5.74, 6) is -0.0684. The molecule has 5 heteroatoms. The summed E-state index contributed by atoms with van der Waals surface area (Å²) in [6.07, 6.45) is 5.99. The largest absolute Gasteiger partial charge is 0.466 e. The van der Waals surface area contributed by atoms with Crippen LogP contribution >= 0.6 is 0 Å². The minimum absolute atomic E-state index is 0.0313. The molecule has 0 aliphatic carbocycles. The Morgan fingerprint density at radius 1 is 1.12 bits per heavy atom. The van der Waals surface area contributed by atoms with Crippen molar-refractivity contribution in [3.05, 3.63) is 12.7 Å². The van der Waals surface area contributed by atoms with Crippen LogP contribution < -0.4 is 0 Å². The molecule has 0 aromatic rings. The lowest BCUT2D eigenvalue weighted by Gasteiger charge is -2.24. The summed E-state index contributed by atoms with van der Waals surface area (Å²) in [6.45, 7) is 12.7. The fourth-order valence-corrected chi connectivity index (χ4v) is 3.76. The quantitative estimate of drug-likeness (QED) is 0.420. The summed E-state index contributed by atoms with van der Waals surface area (Å²) in [5, 5.41) is 0. The average molecular weight is 366 g/mol. The number of carbonyl (C=O) groups excluding carboxylic acids is 2. The fraction of sp³-hybridized carbons (Fsp3) is 0.810. The van der Waals surface area contributed by atoms with E-state index in [1.807, 2.05) is 26.8 Å². The molecule has 0 spiro atoms. The predicted octanol–water partition coefficient (Wildman–Crippen LogP) is 3.99. The molecule has 0 N–H and O–H groups in total. The van der Waals surface area contributed by atoms with Crippen molar-refractivity contribution < 1.29 is 23.8 Å². The Balaban J connectivity index is 2.04. The molecule has 2 heterocycles. The van der Waals surface area contributed by atoms with Crippen LogP contribution in [0.2, 0.25) is 0 Å². The van der Waals surface area contributed by atoms with Crippen molar-refractivity contribution in [2.24, 2.45) is 5.41 Å². The van der Waals surface area contributed by atoms with E-state index in [1.54, 1.807) is 0 Å². The van der Waals surface area contributed by atoms with E-state index in [0.29, 0.717) is 38.9 Å². The molecule has 0 bridgehead atoms. The van der Waals surface area contributed by atoms with Crippen LogP contribution in [0.25, 0.3) is 0 Å². The first-order valence-electron chi connectivity index (χ1n) is 9.76. The topological polar surface area (TPSA) is 65.1 Å². The molecule has 26 heavy (non-hydrogen) atoms. The van der Waals surface area contributed by atoms with E-state index in [4.69, 9.17) is 14.2 Å². The molecule has 0 saturated carbocycles. The maximum atomic E-state index is 12.5. The number of ketones is 1. The maximum Gasteiger partial charge on any atom is 0.305 e. The van der Waals surface area contributed by atoms with Crippen molar-refractivity contribution in [2.75, 3.05) is 13.2 Å². The third kappa shape index (κ3) is 4.95. The summed E-state index contributed by atoms with van der Waals surface area (Å²) >= 11 is 0. The van der Waals surface area contributed by atoms with E-state index < -0.39 is 5.41 Å². The van der Waals surface area contributed by atoms with Gasteiger partial charge in [0.2, 0.25) is 0 Å². The molecule has 3 atom stereocenters. The molecule has 2 rings (SSSR count). The molecule has 5 nitrogen and oxygen atoms in total. The van der Waals surface area contributed by atoms with Gasteiger partial charge < -0.3 is 14.2 Å². The fourth-order valence-electron chi connectivity index (χ4n) is 3.76. The maximum absolute atomic E-state index is 12.5. The van der Waals surface area contributed by atoms with Crippen molar-refractivity contribution in [2.45, 2.75) is 89.9 Å². The molecule has 148 valence electrons. The van der Waals surface area contributed by atoms with Crippen molar-refractivity contribution >= 4 is 11.8 Å². The average Bonchev–Trinajstić information content (AvgIpc) is 3.14. The number of hydrogen-bond donors (Lipinski definition) is 0. The number of fused-ring (bicyclic) bond motifs is 1. The van der Waals surface area contributed by atoms with Crippen LogP contribution in [0.1, 0.15) is 72.6 Å². The lowest BCUT2D eigenvalue weighted by atomic mass is 9.81. The third-order valence-corrected chi connectivity index (χ3v) is 6.05. The summed E-state index contributed by atoms with van der Waals surface area (Å²) in [4.78, 5) is 24.5. The number of rotatable bonds is 2. The minimum Gasteiger partial charge on any atom is -0.466 e. The van der Waals surface area contributed by atoms with Gasteiger partial charge in [0.15, 0.2) is 0 Å². The van der Waals surface area contributed by atoms with Gasteiger partial charge in [-0.05, 0) is 33.1 Å². The number of Topliss-reactive ketones (excluding diaryl/α,β-unsaturated/α-hetero) is 1. The van der Waals surface area contributed by atoms with Crippen LogP contribution in [0.5, 0.6) is 0 Å². The van der Waals surface area contributed by atoms with Gasteiger partial charge in [-0.15, -0.1) is 6.58 Å². The highest BCUT2D eigenvalue weighted by Gasteiger charge is 2.64. The second-order valence-electron chi connectivity index (χ2n) is 8.57. The standard InChI is InChI=1S/C21H34O5/c1-6-10-21-13-15-25-18(23)9-11-19(3,4)17(22)8-7-16(2)24-14-12-20(21,5)26-21/h6,16H,1,7-15H2,2-5H3. The SMILES string of the molecule is C=CCC12CCOC(=O)CCC(C)(C)C(=O)CCC(C)OCCC1(C)O2. The van der Waals surface area contributed by atoms with E-state index >= 15 is 0 Å². The van der Waals surface area contributed by atoms with Crippen molar-refractivity contribution in [1.29, 1.82) is 0 Å². The van der Waals surface area contributed by atoms with Gasteiger partial charge >= 0.3 is 5.97 Å². The Bertz CT molecular complexity index is 541. The van der Waals surface area contributed by atoms with Crippen molar-refractivity contribution in [1.82, 2.24) is 0 Å². The molecular formula is C21H34O5. The normalized spacial score (nSPS) is 36.7. The number of epoxide rings is 1. The van der Waals surface area contributed by atoms with Crippen LogP contribution in [0.15, 0.2) is 12.7 Å². The Morgan fingerprint density at radius 3 is 2.54 bits per heavy atom. The highest BCUT2D eigenvalue weighted by molar-refractivity contribution is 5.84. The van der Waals surface area contributed by atoms with Crippen LogP contribution in [0, 0.1) is 5.41 Å². The molecule has 2 fully saturated rings. The number of hydrogen-bond acceptors (Lipinski definition) is 5. The highest BCUT2D eigenvalue weighted by Crippen LogP contribution is 2.55. The van der Waals surface area contributed by atoms with Crippen LogP contribution in [-0.4, -0.2) is 42.3 Å². The molecule has 0 aromatic heterocycles. The Labute approximate surface area is 157 Å². The highest BCUT2D eigenvalue weighted by atomic mass is 16.6. The third-order valence-electron chi connectivity index (χ3n) is 6.05. The van der Waals surface area contributed by atoms with Gasteiger partial charge in [-0.3, -0.25) is 9.59 Å². The first-order valence-corrected chi connectivity index (χ1v) is 9.76.